The van der Waals surface area contributed by atoms with E-state index in [2.05, 4.69) is 25.2 Å². The monoisotopic (exact) mass is 235 g/mol. The van der Waals surface area contributed by atoms with Crippen LogP contribution in [0.15, 0.2) is 11.6 Å². The van der Waals surface area contributed by atoms with Crippen LogP contribution in [0, 0.1) is 11.8 Å². The van der Waals surface area contributed by atoms with Gasteiger partial charge in [-0.05, 0) is 56.9 Å². The van der Waals surface area contributed by atoms with Gasteiger partial charge in [0.15, 0.2) is 0 Å². The van der Waals surface area contributed by atoms with E-state index in [1.807, 2.05) is 0 Å². The highest BCUT2D eigenvalue weighted by Gasteiger charge is 2.32. The third-order valence-corrected chi connectivity index (χ3v) is 4.70. The van der Waals surface area contributed by atoms with E-state index in [9.17, 15) is 0 Å². The smallest absolute Gasteiger partial charge is 0.0310 e. The highest BCUT2D eigenvalue weighted by Crippen LogP contribution is 2.37. The average molecular weight is 235 g/mol. The molecule has 0 radical (unpaired) electrons. The summed E-state index contributed by atoms with van der Waals surface area (Å²) in [6.45, 7) is 5.92. The molecule has 17 heavy (non-hydrogen) atoms. The molecule has 1 N–H and O–H groups in total. The van der Waals surface area contributed by atoms with Crippen LogP contribution < -0.4 is 5.32 Å². The van der Waals surface area contributed by atoms with Crippen molar-refractivity contribution < 1.29 is 0 Å². The minimum absolute atomic E-state index is 0.702. The van der Waals surface area contributed by atoms with Crippen LogP contribution >= 0.6 is 0 Å². The van der Waals surface area contributed by atoms with Crippen LogP contribution in [0.1, 0.15) is 65.2 Å². The Bertz CT molecular complexity index is 256. The van der Waals surface area contributed by atoms with Crippen molar-refractivity contribution in [1.29, 1.82) is 0 Å². The number of hydrogen-bond acceptors (Lipinski definition) is 1. The summed E-state index contributed by atoms with van der Waals surface area (Å²) >= 11 is 0. The molecule has 0 saturated heterocycles. The summed E-state index contributed by atoms with van der Waals surface area (Å²) in [5, 5.41) is 3.84. The molecule has 3 unspecified atom stereocenters. The van der Waals surface area contributed by atoms with Gasteiger partial charge in [-0.1, -0.05) is 38.3 Å². The molecule has 3 atom stereocenters. The van der Waals surface area contributed by atoms with Gasteiger partial charge in [0.1, 0.15) is 0 Å². The van der Waals surface area contributed by atoms with E-state index in [-0.39, 0.29) is 0 Å². The Morgan fingerprint density at radius 2 is 2.18 bits per heavy atom. The minimum Gasteiger partial charge on any atom is -0.310 e. The molecule has 0 heterocycles. The first-order valence-electron chi connectivity index (χ1n) is 7.75. The Hall–Kier alpha value is -0.300. The summed E-state index contributed by atoms with van der Waals surface area (Å²) in [4.78, 5) is 0. The van der Waals surface area contributed by atoms with Crippen LogP contribution in [0.4, 0.5) is 0 Å². The number of rotatable bonds is 5. The topological polar surface area (TPSA) is 12.0 Å². The van der Waals surface area contributed by atoms with Gasteiger partial charge < -0.3 is 5.32 Å². The van der Waals surface area contributed by atoms with E-state index in [1.165, 1.54) is 57.9 Å². The van der Waals surface area contributed by atoms with Gasteiger partial charge in [-0.25, -0.2) is 0 Å². The molecular formula is C16H29N. The van der Waals surface area contributed by atoms with Crippen molar-refractivity contribution in [2.24, 2.45) is 11.8 Å². The SMILES string of the molecule is CCCNC(C1=CCCCC1)C1CCCC1C. The number of allylic oxidation sites excluding steroid dienone is 1. The average Bonchev–Trinajstić information content (AvgIpc) is 2.78. The van der Waals surface area contributed by atoms with Crippen LogP contribution in [0.25, 0.3) is 0 Å². The van der Waals surface area contributed by atoms with Gasteiger partial charge in [-0.3, -0.25) is 0 Å². The van der Waals surface area contributed by atoms with Crippen molar-refractivity contribution in [3.05, 3.63) is 11.6 Å². The summed E-state index contributed by atoms with van der Waals surface area (Å²) in [5.41, 5.74) is 1.74. The van der Waals surface area contributed by atoms with E-state index in [1.54, 1.807) is 5.57 Å². The van der Waals surface area contributed by atoms with E-state index in [4.69, 9.17) is 0 Å². The molecule has 0 bridgehead atoms. The molecule has 0 aromatic rings. The second-order valence-corrected chi connectivity index (χ2v) is 6.03. The molecule has 2 rings (SSSR count). The van der Waals surface area contributed by atoms with Crippen LogP contribution in [0.2, 0.25) is 0 Å². The molecule has 1 nitrogen and oxygen atoms in total. The largest absolute Gasteiger partial charge is 0.310 e. The van der Waals surface area contributed by atoms with E-state index >= 15 is 0 Å². The summed E-state index contributed by atoms with van der Waals surface area (Å²) < 4.78 is 0. The third kappa shape index (κ3) is 3.34. The van der Waals surface area contributed by atoms with Gasteiger partial charge in [-0.2, -0.15) is 0 Å². The number of hydrogen-bond donors (Lipinski definition) is 1. The van der Waals surface area contributed by atoms with Gasteiger partial charge in [0.05, 0.1) is 0 Å². The Morgan fingerprint density at radius 1 is 1.29 bits per heavy atom. The molecule has 0 spiro atoms. The molecule has 0 aromatic carbocycles. The maximum atomic E-state index is 3.84. The molecule has 2 aliphatic rings. The second kappa shape index (κ2) is 6.58. The molecule has 1 fully saturated rings. The first-order chi connectivity index (χ1) is 8.33. The van der Waals surface area contributed by atoms with Gasteiger partial charge in [-0.15, -0.1) is 0 Å². The van der Waals surface area contributed by atoms with E-state index in [0.717, 1.165) is 11.8 Å². The Kier molecular flexibility index (Phi) is 5.09. The molecule has 0 amide bonds. The second-order valence-electron chi connectivity index (χ2n) is 6.03. The molecule has 2 aliphatic carbocycles. The van der Waals surface area contributed by atoms with Gasteiger partial charge in [0.25, 0.3) is 0 Å². The first kappa shape index (κ1) is 13.1. The Labute approximate surface area is 107 Å². The van der Waals surface area contributed by atoms with Gasteiger partial charge >= 0.3 is 0 Å². The normalized spacial score (nSPS) is 31.3. The van der Waals surface area contributed by atoms with Crippen LogP contribution in [-0.2, 0) is 0 Å². The molecule has 1 heteroatoms. The van der Waals surface area contributed by atoms with Crippen molar-refractivity contribution in [2.45, 2.75) is 71.3 Å². The highest BCUT2D eigenvalue weighted by molar-refractivity contribution is 5.16. The van der Waals surface area contributed by atoms with Crippen molar-refractivity contribution in [1.82, 2.24) is 5.32 Å². The fraction of sp³-hybridized carbons (Fsp3) is 0.875. The molecule has 98 valence electrons. The lowest BCUT2D eigenvalue weighted by Gasteiger charge is -2.32. The van der Waals surface area contributed by atoms with Gasteiger partial charge in [0.2, 0.25) is 0 Å². The predicted octanol–water partition coefficient (Wildman–Crippen LogP) is 4.29. The van der Waals surface area contributed by atoms with Crippen molar-refractivity contribution >= 4 is 0 Å². The zero-order valence-electron chi connectivity index (χ0n) is 11.7. The molecule has 0 aliphatic heterocycles. The maximum absolute atomic E-state index is 3.84. The van der Waals surface area contributed by atoms with Crippen molar-refractivity contribution in [3.8, 4) is 0 Å². The van der Waals surface area contributed by atoms with Gasteiger partial charge in [0, 0.05) is 6.04 Å². The summed E-state index contributed by atoms with van der Waals surface area (Å²) in [7, 11) is 0. The summed E-state index contributed by atoms with van der Waals surface area (Å²) in [6.07, 6.45) is 13.6. The molecule has 0 aromatic heterocycles. The Balaban J connectivity index is 2.03. The lowest BCUT2D eigenvalue weighted by atomic mass is 9.81. The zero-order chi connectivity index (χ0) is 12.1. The lowest BCUT2D eigenvalue weighted by Crippen LogP contribution is -2.40. The van der Waals surface area contributed by atoms with Crippen molar-refractivity contribution in [3.63, 3.8) is 0 Å². The zero-order valence-corrected chi connectivity index (χ0v) is 11.7. The van der Waals surface area contributed by atoms with Crippen LogP contribution in [0.5, 0.6) is 0 Å². The maximum Gasteiger partial charge on any atom is 0.0310 e. The minimum atomic E-state index is 0.702. The highest BCUT2D eigenvalue weighted by atomic mass is 14.9. The predicted molar refractivity (Wildman–Crippen MR) is 75.1 cm³/mol. The fourth-order valence-corrected chi connectivity index (χ4v) is 3.67. The molecular weight excluding hydrogens is 206 g/mol. The summed E-state index contributed by atoms with van der Waals surface area (Å²) in [6, 6.07) is 0.702. The summed E-state index contributed by atoms with van der Waals surface area (Å²) in [5.74, 6) is 1.83. The fourth-order valence-electron chi connectivity index (χ4n) is 3.67. The first-order valence-corrected chi connectivity index (χ1v) is 7.75. The lowest BCUT2D eigenvalue weighted by molar-refractivity contribution is 0.318. The van der Waals surface area contributed by atoms with Crippen LogP contribution in [0.3, 0.4) is 0 Å². The van der Waals surface area contributed by atoms with Crippen LogP contribution in [-0.4, -0.2) is 12.6 Å². The molecule has 1 saturated carbocycles. The third-order valence-electron chi connectivity index (χ3n) is 4.70. The number of nitrogens with one attached hydrogen (secondary N) is 1. The van der Waals surface area contributed by atoms with E-state index in [0.29, 0.717) is 6.04 Å². The van der Waals surface area contributed by atoms with Crippen molar-refractivity contribution in [2.75, 3.05) is 6.54 Å². The standard InChI is InChI=1S/C16H29N/c1-3-12-17-16(14-9-5-4-6-10-14)15-11-7-8-13(15)2/h9,13,15-17H,3-8,10-12H2,1-2H3. The van der Waals surface area contributed by atoms with E-state index < -0.39 is 0 Å². The quantitative estimate of drug-likeness (QED) is 0.701. The Morgan fingerprint density at radius 3 is 2.76 bits per heavy atom.